The molecule has 3 rings (SSSR count). The van der Waals surface area contributed by atoms with E-state index in [9.17, 15) is 0 Å². The Hall–Kier alpha value is -1.03. The lowest BCUT2D eigenvalue weighted by Crippen LogP contribution is -2.42. The standard InChI is InChI=1S/C16H19NOS/c17-15(16-11-19-9-8-18-16)10-13-6-3-5-12-4-1-2-7-14(12)13/h1-7,15-16H,8-11,17H2. The summed E-state index contributed by atoms with van der Waals surface area (Å²) in [6.45, 7) is 0.832. The molecule has 0 bridgehead atoms. The molecule has 1 saturated heterocycles. The van der Waals surface area contributed by atoms with E-state index in [4.69, 9.17) is 10.5 Å². The largest absolute Gasteiger partial charge is 0.375 e. The van der Waals surface area contributed by atoms with Crippen LogP contribution < -0.4 is 5.73 Å². The topological polar surface area (TPSA) is 35.2 Å². The highest BCUT2D eigenvalue weighted by atomic mass is 32.2. The second-order valence-corrected chi connectivity index (χ2v) is 6.14. The smallest absolute Gasteiger partial charge is 0.0819 e. The van der Waals surface area contributed by atoms with Crippen LogP contribution in [0.15, 0.2) is 42.5 Å². The number of thioether (sulfide) groups is 1. The number of fused-ring (bicyclic) bond motifs is 1. The van der Waals surface area contributed by atoms with E-state index >= 15 is 0 Å². The molecule has 0 aliphatic carbocycles. The second kappa shape index (κ2) is 5.95. The lowest BCUT2D eigenvalue weighted by molar-refractivity contribution is 0.0572. The Bertz CT molecular complexity index is 546. The molecule has 0 radical (unpaired) electrons. The van der Waals surface area contributed by atoms with Crippen LogP contribution in [-0.2, 0) is 11.2 Å². The SMILES string of the molecule is NC(Cc1cccc2ccccc12)C1CSCCO1. The summed E-state index contributed by atoms with van der Waals surface area (Å²) in [5, 5.41) is 2.59. The third-order valence-corrected chi connectivity index (χ3v) is 4.67. The van der Waals surface area contributed by atoms with Crippen LogP contribution in [0.4, 0.5) is 0 Å². The Morgan fingerprint density at radius 2 is 2.05 bits per heavy atom. The Morgan fingerprint density at radius 1 is 1.21 bits per heavy atom. The van der Waals surface area contributed by atoms with Gasteiger partial charge in [0.25, 0.3) is 0 Å². The molecule has 2 aromatic carbocycles. The van der Waals surface area contributed by atoms with Crippen molar-refractivity contribution in [3.8, 4) is 0 Å². The van der Waals surface area contributed by atoms with E-state index in [1.807, 2.05) is 11.8 Å². The highest BCUT2D eigenvalue weighted by Gasteiger charge is 2.22. The molecule has 1 heterocycles. The van der Waals surface area contributed by atoms with Crippen molar-refractivity contribution >= 4 is 22.5 Å². The first-order chi connectivity index (χ1) is 9.34. The Labute approximate surface area is 118 Å². The van der Waals surface area contributed by atoms with Crippen LogP contribution in [0.5, 0.6) is 0 Å². The quantitative estimate of drug-likeness (QED) is 0.934. The first-order valence-electron chi connectivity index (χ1n) is 6.76. The second-order valence-electron chi connectivity index (χ2n) is 4.99. The number of hydrogen-bond acceptors (Lipinski definition) is 3. The normalized spacial score (nSPS) is 21.4. The van der Waals surface area contributed by atoms with E-state index in [1.165, 1.54) is 16.3 Å². The van der Waals surface area contributed by atoms with Gasteiger partial charge in [-0.25, -0.2) is 0 Å². The maximum atomic E-state index is 6.33. The van der Waals surface area contributed by atoms with E-state index in [2.05, 4.69) is 42.5 Å². The Kier molecular flexibility index (Phi) is 4.06. The molecular formula is C16H19NOS. The number of ether oxygens (including phenoxy) is 1. The van der Waals surface area contributed by atoms with Gasteiger partial charge in [0.15, 0.2) is 0 Å². The minimum Gasteiger partial charge on any atom is -0.375 e. The van der Waals surface area contributed by atoms with Crippen molar-refractivity contribution in [2.45, 2.75) is 18.6 Å². The average molecular weight is 273 g/mol. The molecule has 2 unspecified atom stereocenters. The molecule has 0 aromatic heterocycles. The molecule has 2 aromatic rings. The van der Waals surface area contributed by atoms with Gasteiger partial charge in [-0.3, -0.25) is 0 Å². The molecule has 1 aliphatic heterocycles. The fourth-order valence-corrected chi connectivity index (χ4v) is 3.57. The van der Waals surface area contributed by atoms with Crippen molar-refractivity contribution in [2.75, 3.05) is 18.1 Å². The first-order valence-corrected chi connectivity index (χ1v) is 7.91. The summed E-state index contributed by atoms with van der Waals surface area (Å²) in [7, 11) is 0. The zero-order chi connectivity index (χ0) is 13.1. The third kappa shape index (κ3) is 2.94. The fraction of sp³-hybridized carbons (Fsp3) is 0.375. The summed E-state index contributed by atoms with van der Waals surface area (Å²) in [6.07, 6.45) is 1.07. The van der Waals surface area contributed by atoms with E-state index in [0.29, 0.717) is 0 Å². The lowest BCUT2D eigenvalue weighted by Gasteiger charge is -2.28. The molecular weight excluding hydrogens is 254 g/mol. The van der Waals surface area contributed by atoms with Crippen LogP contribution in [0.1, 0.15) is 5.56 Å². The van der Waals surface area contributed by atoms with Gasteiger partial charge in [0.05, 0.1) is 12.7 Å². The van der Waals surface area contributed by atoms with Gasteiger partial charge < -0.3 is 10.5 Å². The summed E-state index contributed by atoms with van der Waals surface area (Å²) in [5.41, 5.74) is 7.66. The summed E-state index contributed by atoms with van der Waals surface area (Å²) in [5.74, 6) is 2.11. The van der Waals surface area contributed by atoms with Crippen molar-refractivity contribution in [1.82, 2.24) is 0 Å². The molecule has 100 valence electrons. The van der Waals surface area contributed by atoms with Gasteiger partial charge in [-0.2, -0.15) is 11.8 Å². The van der Waals surface area contributed by atoms with E-state index in [1.54, 1.807) is 0 Å². The molecule has 19 heavy (non-hydrogen) atoms. The van der Waals surface area contributed by atoms with Crippen LogP contribution in [0.2, 0.25) is 0 Å². The molecule has 1 aliphatic rings. The van der Waals surface area contributed by atoms with Crippen LogP contribution in [0.3, 0.4) is 0 Å². The minimum atomic E-state index is 0.0820. The minimum absolute atomic E-state index is 0.0820. The van der Waals surface area contributed by atoms with Crippen LogP contribution in [0, 0.1) is 0 Å². The maximum Gasteiger partial charge on any atom is 0.0819 e. The lowest BCUT2D eigenvalue weighted by atomic mass is 9.97. The zero-order valence-electron chi connectivity index (χ0n) is 10.9. The number of benzene rings is 2. The van der Waals surface area contributed by atoms with Crippen molar-refractivity contribution < 1.29 is 4.74 Å². The third-order valence-electron chi connectivity index (χ3n) is 3.65. The Balaban J connectivity index is 1.80. The van der Waals surface area contributed by atoms with E-state index in [-0.39, 0.29) is 12.1 Å². The molecule has 2 atom stereocenters. The molecule has 0 spiro atoms. The molecule has 2 nitrogen and oxygen atoms in total. The van der Waals surface area contributed by atoms with Gasteiger partial charge in [-0.1, -0.05) is 42.5 Å². The molecule has 3 heteroatoms. The average Bonchev–Trinajstić information content (AvgIpc) is 2.48. The van der Waals surface area contributed by atoms with Gasteiger partial charge in [-0.15, -0.1) is 0 Å². The Morgan fingerprint density at radius 3 is 2.89 bits per heavy atom. The number of rotatable bonds is 3. The van der Waals surface area contributed by atoms with Crippen LogP contribution in [0.25, 0.3) is 10.8 Å². The summed E-state index contributed by atoms with van der Waals surface area (Å²) >= 11 is 1.94. The van der Waals surface area contributed by atoms with Gasteiger partial charge in [-0.05, 0) is 22.8 Å². The van der Waals surface area contributed by atoms with Crippen molar-refractivity contribution in [3.05, 3.63) is 48.0 Å². The first kappa shape index (κ1) is 13.0. The van der Waals surface area contributed by atoms with Gasteiger partial charge >= 0.3 is 0 Å². The highest BCUT2D eigenvalue weighted by Crippen LogP contribution is 2.22. The predicted octanol–water partition coefficient (Wildman–Crippen LogP) is 2.84. The van der Waals surface area contributed by atoms with E-state index < -0.39 is 0 Å². The van der Waals surface area contributed by atoms with Crippen molar-refractivity contribution in [3.63, 3.8) is 0 Å². The molecule has 1 fully saturated rings. The summed E-state index contributed by atoms with van der Waals surface area (Å²) in [6, 6.07) is 15.0. The molecule has 2 N–H and O–H groups in total. The number of nitrogens with two attached hydrogens (primary N) is 1. The predicted molar refractivity (Wildman–Crippen MR) is 82.7 cm³/mol. The summed E-state index contributed by atoms with van der Waals surface area (Å²) in [4.78, 5) is 0. The van der Waals surface area contributed by atoms with E-state index in [0.717, 1.165) is 24.5 Å². The van der Waals surface area contributed by atoms with Gasteiger partial charge in [0.1, 0.15) is 0 Å². The highest BCUT2D eigenvalue weighted by molar-refractivity contribution is 7.99. The fourth-order valence-electron chi connectivity index (χ4n) is 2.61. The van der Waals surface area contributed by atoms with Crippen LogP contribution >= 0.6 is 11.8 Å². The number of hydrogen-bond donors (Lipinski definition) is 1. The zero-order valence-corrected chi connectivity index (χ0v) is 11.7. The van der Waals surface area contributed by atoms with Gasteiger partial charge in [0.2, 0.25) is 0 Å². The molecule has 0 saturated carbocycles. The van der Waals surface area contributed by atoms with Gasteiger partial charge in [0, 0.05) is 17.5 Å². The monoisotopic (exact) mass is 273 g/mol. The van der Waals surface area contributed by atoms with Crippen LogP contribution in [-0.4, -0.2) is 30.3 Å². The summed E-state index contributed by atoms with van der Waals surface area (Å²) < 4.78 is 5.78. The molecule has 0 amide bonds. The maximum absolute atomic E-state index is 6.33. The van der Waals surface area contributed by atoms with Crippen molar-refractivity contribution in [1.29, 1.82) is 0 Å². The van der Waals surface area contributed by atoms with Crippen molar-refractivity contribution in [2.24, 2.45) is 5.73 Å².